The van der Waals surface area contributed by atoms with Crippen molar-refractivity contribution in [2.24, 2.45) is 0 Å². The summed E-state index contributed by atoms with van der Waals surface area (Å²) in [6, 6.07) is 4.84. The van der Waals surface area contributed by atoms with E-state index in [0.717, 1.165) is 0 Å². The van der Waals surface area contributed by atoms with Gasteiger partial charge in [-0.05, 0) is 25.5 Å². The van der Waals surface area contributed by atoms with Crippen LogP contribution in [0.2, 0.25) is 0 Å². The van der Waals surface area contributed by atoms with Crippen LogP contribution in [-0.4, -0.2) is 65.2 Å². The largest absolute Gasteiger partial charge is 0.347 e. The predicted octanol–water partition coefficient (Wildman–Crippen LogP) is 0.899. The van der Waals surface area contributed by atoms with Crippen molar-refractivity contribution in [3.63, 3.8) is 0 Å². The van der Waals surface area contributed by atoms with Gasteiger partial charge in [0.2, 0.25) is 5.82 Å². The summed E-state index contributed by atoms with van der Waals surface area (Å²) in [7, 11) is -3.12. The van der Waals surface area contributed by atoms with Crippen LogP contribution >= 0.6 is 0 Å². The molecule has 1 aliphatic heterocycles. The van der Waals surface area contributed by atoms with Gasteiger partial charge < -0.3 is 10.2 Å². The van der Waals surface area contributed by atoms with E-state index in [4.69, 9.17) is 0 Å². The molecule has 2 aromatic rings. The lowest BCUT2D eigenvalue weighted by Gasteiger charge is -2.26. The van der Waals surface area contributed by atoms with Crippen LogP contribution in [0.4, 0.5) is 0 Å². The topological polar surface area (TPSA) is 101 Å². The van der Waals surface area contributed by atoms with Crippen LogP contribution in [0.3, 0.4) is 0 Å². The van der Waals surface area contributed by atoms with E-state index in [-0.39, 0.29) is 41.5 Å². The van der Waals surface area contributed by atoms with E-state index in [1.165, 1.54) is 4.90 Å². The highest BCUT2D eigenvalue weighted by Gasteiger charge is 2.36. The number of fused-ring (bicyclic) bond motifs is 1. The normalized spacial score (nSPS) is 18.3. The first-order chi connectivity index (χ1) is 12.9. The molecule has 3 rings (SSSR count). The molecule has 0 radical (unpaired) electrons. The average molecular weight is 390 g/mol. The maximum Gasteiger partial charge on any atom is 0.290 e. The molecule has 0 spiro atoms. The number of hydrogen-bond donors (Lipinski definition) is 1. The molecule has 1 unspecified atom stereocenters. The van der Waals surface area contributed by atoms with Crippen LogP contribution in [0.15, 0.2) is 37.1 Å². The summed E-state index contributed by atoms with van der Waals surface area (Å²) < 4.78 is 25.2. The van der Waals surface area contributed by atoms with Crippen LogP contribution in [0.5, 0.6) is 0 Å². The average Bonchev–Trinajstić information content (AvgIpc) is 3.20. The highest BCUT2D eigenvalue weighted by atomic mass is 32.2. The molecule has 0 bridgehead atoms. The van der Waals surface area contributed by atoms with Crippen LogP contribution in [0.1, 0.15) is 34.5 Å². The Hall–Kier alpha value is -2.68. The Kier molecular flexibility index (Phi) is 5.31. The molecule has 2 amide bonds. The highest BCUT2D eigenvalue weighted by molar-refractivity contribution is 7.91. The molecule has 1 saturated heterocycles. The third kappa shape index (κ3) is 3.73. The second kappa shape index (κ2) is 7.51. The zero-order valence-electron chi connectivity index (χ0n) is 15.1. The predicted molar refractivity (Wildman–Crippen MR) is 101 cm³/mol. The molecule has 2 aromatic heterocycles. The van der Waals surface area contributed by atoms with Gasteiger partial charge in [0, 0.05) is 25.3 Å². The summed E-state index contributed by atoms with van der Waals surface area (Å²) >= 11 is 0. The number of aromatic nitrogens is 2. The minimum Gasteiger partial charge on any atom is -0.347 e. The van der Waals surface area contributed by atoms with Crippen molar-refractivity contribution in [1.29, 1.82) is 0 Å². The van der Waals surface area contributed by atoms with Gasteiger partial charge in [-0.25, -0.2) is 13.4 Å². The number of amides is 2. The van der Waals surface area contributed by atoms with Crippen LogP contribution in [-0.2, 0) is 9.84 Å². The summed E-state index contributed by atoms with van der Waals surface area (Å²) in [5.41, 5.74) is 0.661. The lowest BCUT2D eigenvalue weighted by Crippen LogP contribution is -2.41. The molecule has 3 heterocycles. The Morgan fingerprint density at radius 1 is 1.44 bits per heavy atom. The fourth-order valence-corrected chi connectivity index (χ4v) is 5.05. The van der Waals surface area contributed by atoms with Gasteiger partial charge in [-0.15, -0.1) is 6.58 Å². The minimum atomic E-state index is -3.12. The van der Waals surface area contributed by atoms with E-state index < -0.39 is 15.7 Å². The lowest BCUT2D eigenvalue weighted by atomic mass is 10.2. The quantitative estimate of drug-likeness (QED) is 0.739. The first-order valence-electron chi connectivity index (χ1n) is 8.75. The number of hydrogen-bond acceptors (Lipinski definition) is 5. The Morgan fingerprint density at radius 2 is 2.22 bits per heavy atom. The van der Waals surface area contributed by atoms with E-state index in [2.05, 4.69) is 16.9 Å². The number of sulfone groups is 1. The van der Waals surface area contributed by atoms with Gasteiger partial charge in [-0.2, -0.15) is 0 Å². The van der Waals surface area contributed by atoms with Crippen LogP contribution < -0.4 is 5.32 Å². The SMILES string of the molecule is C=CCNC(=O)c1nc(C(=O)N(CC)C2CCS(=O)(=O)C2)n2ccccc12. The minimum absolute atomic E-state index is 0.0391. The molecule has 144 valence electrons. The number of nitrogens with one attached hydrogen (secondary N) is 1. The van der Waals surface area contributed by atoms with Gasteiger partial charge in [0.15, 0.2) is 15.5 Å². The number of carbonyl (C=O) groups is 2. The molecule has 27 heavy (non-hydrogen) atoms. The van der Waals surface area contributed by atoms with Crippen molar-refractivity contribution in [2.45, 2.75) is 19.4 Å². The third-order valence-corrected chi connectivity index (χ3v) is 6.36. The zero-order chi connectivity index (χ0) is 19.6. The van der Waals surface area contributed by atoms with E-state index in [0.29, 0.717) is 18.5 Å². The summed E-state index contributed by atoms with van der Waals surface area (Å²) in [5, 5.41) is 2.67. The van der Waals surface area contributed by atoms with E-state index in [9.17, 15) is 18.0 Å². The molecular weight excluding hydrogens is 368 g/mol. The van der Waals surface area contributed by atoms with Crippen molar-refractivity contribution >= 4 is 27.2 Å². The Morgan fingerprint density at radius 3 is 2.85 bits per heavy atom. The first kappa shape index (κ1) is 19.1. The Balaban J connectivity index is 1.99. The fourth-order valence-electron chi connectivity index (χ4n) is 3.32. The Labute approximate surface area is 157 Å². The third-order valence-electron chi connectivity index (χ3n) is 4.61. The van der Waals surface area contributed by atoms with E-state index >= 15 is 0 Å². The number of nitrogens with zero attached hydrogens (tertiary/aromatic N) is 3. The van der Waals surface area contributed by atoms with Gasteiger partial charge in [0.05, 0.1) is 17.0 Å². The smallest absolute Gasteiger partial charge is 0.290 e. The number of rotatable bonds is 6. The molecule has 1 fully saturated rings. The number of imidazole rings is 1. The van der Waals surface area contributed by atoms with Gasteiger partial charge in [-0.1, -0.05) is 12.1 Å². The summed E-state index contributed by atoms with van der Waals surface area (Å²) in [5.74, 6) is -0.644. The molecular formula is C18H22N4O4S. The Bertz CT molecular complexity index is 996. The van der Waals surface area contributed by atoms with Crippen LogP contribution in [0.25, 0.3) is 5.52 Å². The highest BCUT2D eigenvalue weighted by Crippen LogP contribution is 2.21. The monoisotopic (exact) mass is 390 g/mol. The first-order valence-corrected chi connectivity index (χ1v) is 10.6. The van der Waals surface area contributed by atoms with E-state index in [1.807, 2.05) is 0 Å². The molecule has 1 aliphatic rings. The molecule has 0 saturated carbocycles. The zero-order valence-corrected chi connectivity index (χ0v) is 15.9. The molecule has 1 atom stereocenters. The van der Waals surface area contributed by atoms with E-state index in [1.54, 1.807) is 41.8 Å². The number of pyridine rings is 1. The molecule has 8 nitrogen and oxygen atoms in total. The maximum absolute atomic E-state index is 13.1. The maximum atomic E-state index is 13.1. The summed E-state index contributed by atoms with van der Waals surface area (Å²) in [6.45, 7) is 6.01. The molecule has 0 aromatic carbocycles. The lowest BCUT2D eigenvalue weighted by molar-refractivity contribution is 0.0695. The molecule has 1 N–H and O–H groups in total. The second-order valence-electron chi connectivity index (χ2n) is 6.39. The van der Waals surface area contributed by atoms with Gasteiger partial charge >= 0.3 is 0 Å². The van der Waals surface area contributed by atoms with Crippen molar-refractivity contribution in [3.8, 4) is 0 Å². The van der Waals surface area contributed by atoms with Crippen molar-refractivity contribution in [2.75, 3.05) is 24.6 Å². The van der Waals surface area contributed by atoms with Crippen molar-refractivity contribution < 1.29 is 18.0 Å². The molecule has 0 aliphatic carbocycles. The van der Waals surface area contributed by atoms with Crippen molar-refractivity contribution in [3.05, 3.63) is 48.6 Å². The van der Waals surface area contributed by atoms with Gasteiger partial charge in [0.25, 0.3) is 11.8 Å². The van der Waals surface area contributed by atoms with Gasteiger partial charge in [0.1, 0.15) is 0 Å². The standard InChI is InChI=1S/C18H22N4O4S/c1-3-9-19-17(23)15-14-7-5-6-10-22(14)16(20-15)18(24)21(4-2)13-8-11-27(25,26)12-13/h3,5-7,10,13H,1,4,8-9,11-12H2,2H3,(H,19,23). The van der Waals surface area contributed by atoms with Gasteiger partial charge in [-0.3, -0.25) is 14.0 Å². The summed E-state index contributed by atoms with van der Waals surface area (Å²) in [4.78, 5) is 31.4. The number of carbonyl (C=O) groups excluding carboxylic acids is 2. The molecule has 9 heteroatoms. The van der Waals surface area contributed by atoms with Crippen LogP contribution in [0, 0.1) is 0 Å². The second-order valence-corrected chi connectivity index (χ2v) is 8.62. The van der Waals surface area contributed by atoms with Crippen molar-refractivity contribution in [1.82, 2.24) is 19.6 Å². The fraction of sp³-hybridized carbons (Fsp3) is 0.389. The summed E-state index contributed by atoms with van der Waals surface area (Å²) in [6.07, 6.45) is 3.64.